The standard InChI is InChI=1S/C15H18AsN.HNO3/c1-3-16(13-10-8-12(2)9-11-13)14-6-4-5-7-15(14)17;2-1(3)4/h4-11H,3,17H2,1-2H3;(H,2,3,4). The summed E-state index contributed by atoms with van der Waals surface area (Å²) in [6.45, 7) is 4.40. The molecule has 6 heteroatoms. The molecule has 0 spiro atoms. The molecule has 1 atom stereocenters. The molecule has 0 heterocycles. The van der Waals surface area contributed by atoms with Crippen molar-refractivity contribution in [3.05, 3.63) is 64.2 Å². The van der Waals surface area contributed by atoms with Gasteiger partial charge in [0.2, 0.25) is 0 Å². The van der Waals surface area contributed by atoms with E-state index in [1.54, 1.807) is 0 Å². The number of nitrogens with zero attached hydrogens (tertiary/aromatic N) is 1. The van der Waals surface area contributed by atoms with Crippen LogP contribution in [0, 0.1) is 17.0 Å². The van der Waals surface area contributed by atoms with E-state index in [1.807, 2.05) is 12.1 Å². The van der Waals surface area contributed by atoms with Crippen LogP contribution in [0.15, 0.2) is 48.5 Å². The van der Waals surface area contributed by atoms with Crippen LogP contribution in [0.3, 0.4) is 0 Å². The number of aryl methyl sites for hydroxylation is 1. The van der Waals surface area contributed by atoms with Crippen LogP contribution in [0.25, 0.3) is 0 Å². The summed E-state index contributed by atoms with van der Waals surface area (Å²) in [5.74, 6) is 0. The molecule has 21 heavy (non-hydrogen) atoms. The minimum atomic E-state index is -1.50. The third-order valence-corrected chi connectivity index (χ3v) is 8.22. The Morgan fingerprint density at radius 1 is 1.19 bits per heavy atom. The Labute approximate surface area is 128 Å². The Bertz CT molecular complexity index is 584. The zero-order valence-electron chi connectivity index (χ0n) is 12.1. The van der Waals surface area contributed by atoms with Crippen LogP contribution in [0.1, 0.15) is 12.5 Å². The molecule has 0 aromatic heterocycles. The molecule has 5 nitrogen and oxygen atoms in total. The molecule has 3 N–H and O–H groups in total. The van der Waals surface area contributed by atoms with E-state index in [4.69, 9.17) is 21.1 Å². The average Bonchev–Trinajstić information content (AvgIpc) is 2.43. The van der Waals surface area contributed by atoms with Gasteiger partial charge in [0.25, 0.3) is 5.09 Å². The van der Waals surface area contributed by atoms with Crippen molar-refractivity contribution in [2.45, 2.75) is 19.1 Å². The van der Waals surface area contributed by atoms with E-state index in [2.05, 4.69) is 50.2 Å². The maximum atomic E-state index is 8.36. The number of benzene rings is 2. The van der Waals surface area contributed by atoms with Crippen molar-refractivity contribution in [3.63, 3.8) is 0 Å². The number of nitrogens with two attached hydrogens (primary N) is 1. The van der Waals surface area contributed by atoms with Crippen molar-refractivity contribution < 1.29 is 10.3 Å². The van der Waals surface area contributed by atoms with E-state index in [-0.39, 0.29) is 0 Å². The molecule has 0 saturated carbocycles. The van der Waals surface area contributed by atoms with Gasteiger partial charge in [0.15, 0.2) is 0 Å². The first-order valence-electron chi connectivity index (χ1n) is 6.47. The predicted octanol–water partition coefficient (Wildman–Crippen LogP) is 1.86. The van der Waals surface area contributed by atoms with Gasteiger partial charge in [-0.3, -0.25) is 0 Å². The molecule has 0 aliphatic heterocycles. The van der Waals surface area contributed by atoms with Gasteiger partial charge in [-0.2, -0.15) is 0 Å². The molecule has 2 aromatic carbocycles. The molecule has 0 saturated heterocycles. The Morgan fingerprint density at radius 3 is 2.19 bits per heavy atom. The normalized spacial score (nSPS) is 11.1. The molecule has 0 bridgehead atoms. The van der Waals surface area contributed by atoms with Gasteiger partial charge in [-0.1, -0.05) is 0 Å². The molecule has 112 valence electrons. The van der Waals surface area contributed by atoms with E-state index in [9.17, 15) is 0 Å². The van der Waals surface area contributed by atoms with Crippen molar-refractivity contribution >= 4 is 29.0 Å². The molecule has 0 fully saturated rings. The second-order valence-electron chi connectivity index (χ2n) is 4.38. The fraction of sp³-hybridized carbons (Fsp3) is 0.200. The van der Waals surface area contributed by atoms with Gasteiger partial charge in [0, 0.05) is 0 Å². The number of para-hydroxylation sites is 1. The molecule has 0 aliphatic rings. The van der Waals surface area contributed by atoms with E-state index < -0.39 is 19.7 Å². The van der Waals surface area contributed by atoms with Gasteiger partial charge in [-0.15, -0.1) is 10.1 Å². The smallest absolute Gasteiger partial charge is 0.291 e. The first-order chi connectivity index (χ1) is 9.95. The maximum absolute atomic E-state index is 8.36. The molecule has 0 radical (unpaired) electrons. The molecular formula is C15H19AsN2O3. The van der Waals surface area contributed by atoms with Crippen molar-refractivity contribution in [3.8, 4) is 0 Å². The van der Waals surface area contributed by atoms with Crippen molar-refractivity contribution in [1.82, 2.24) is 0 Å². The zero-order chi connectivity index (χ0) is 15.8. The van der Waals surface area contributed by atoms with Gasteiger partial charge in [0.05, 0.1) is 0 Å². The number of anilines is 1. The summed E-state index contributed by atoms with van der Waals surface area (Å²) < 4.78 is 2.87. The minimum absolute atomic E-state index is 0.954. The molecule has 1 unspecified atom stereocenters. The van der Waals surface area contributed by atoms with Crippen LogP contribution in [0.4, 0.5) is 5.69 Å². The predicted molar refractivity (Wildman–Crippen MR) is 86.3 cm³/mol. The molecule has 0 aliphatic carbocycles. The van der Waals surface area contributed by atoms with Gasteiger partial charge in [-0.25, -0.2) is 0 Å². The average molecular weight is 350 g/mol. The second-order valence-corrected chi connectivity index (χ2v) is 9.59. The van der Waals surface area contributed by atoms with Crippen molar-refractivity contribution in [2.75, 3.05) is 5.73 Å². The number of rotatable bonds is 3. The summed E-state index contributed by atoms with van der Waals surface area (Å²) in [7, 11) is 0. The maximum Gasteiger partial charge on any atom is 0.291 e. The van der Waals surface area contributed by atoms with Gasteiger partial charge in [-0.05, 0) is 0 Å². The van der Waals surface area contributed by atoms with Crippen LogP contribution >= 0.6 is 0 Å². The Kier molecular flexibility index (Phi) is 6.76. The SMILES string of the molecule is CC[As](c1ccc(C)cc1)c1ccccc1N.O=[N+]([O-])O. The number of hydrogen-bond donors (Lipinski definition) is 2. The Hall–Kier alpha value is -2.00. The number of nitrogen functional groups attached to an aromatic ring is 1. The fourth-order valence-electron chi connectivity index (χ4n) is 1.95. The monoisotopic (exact) mass is 350 g/mol. The van der Waals surface area contributed by atoms with Crippen LogP contribution < -0.4 is 14.4 Å². The third-order valence-electron chi connectivity index (χ3n) is 2.89. The largest absolute Gasteiger partial charge is 0.328 e. The summed E-state index contributed by atoms with van der Waals surface area (Å²) in [6.07, 6.45) is 0. The van der Waals surface area contributed by atoms with Gasteiger partial charge < -0.3 is 5.21 Å². The summed E-state index contributed by atoms with van der Waals surface area (Å²) in [5, 5.41) is 14.9. The molecule has 2 aromatic rings. The number of hydrogen-bond acceptors (Lipinski definition) is 3. The summed E-state index contributed by atoms with van der Waals surface area (Å²) in [5.41, 5.74) is 8.37. The third kappa shape index (κ3) is 5.48. The quantitative estimate of drug-likeness (QED) is 0.383. The van der Waals surface area contributed by atoms with Gasteiger partial charge >= 0.3 is 108 Å². The summed E-state index contributed by atoms with van der Waals surface area (Å²) in [4.78, 5) is 8.36. The first kappa shape index (κ1) is 17.1. The molecule has 2 rings (SSSR count). The van der Waals surface area contributed by atoms with E-state index >= 15 is 0 Å². The summed E-state index contributed by atoms with van der Waals surface area (Å²) in [6, 6.07) is 17.3. The minimum Gasteiger partial charge on any atom is -0.328 e. The van der Waals surface area contributed by atoms with E-state index in [1.165, 1.54) is 19.5 Å². The second kappa shape index (κ2) is 8.32. The van der Waals surface area contributed by atoms with Crippen molar-refractivity contribution in [1.29, 1.82) is 0 Å². The van der Waals surface area contributed by atoms with Crippen LogP contribution in [0.5, 0.6) is 0 Å². The van der Waals surface area contributed by atoms with Crippen LogP contribution in [0.2, 0.25) is 5.21 Å². The zero-order valence-corrected chi connectivity index (χ0v) is 13.9. The Balaban J connectivity index is 0.000000491. The van der Waals surface area contributed by atoms with E-state index in [0.717, 1.165) is 5.69 Å². The fourth-order valence-corrected chi connectivity index (χ4v) is 6.45. The molecular weight excluding hydrogens is 331 g/mol. The van der Waals surface area contributed by atoms with E-state index in [0.29, 0.717) is 0 Å². The van der Waals surface area contributed by atoms with Gasteiger partial charge in [0.1, 0.15) is 0 Å². The van der Waals surface area contributed by atoms with Crippen LogP contribution in [-0.4, -0.2) is 24.9 Å². The topological polar surface area (TPSA) is 89.4 Å². The molecule has 0 amide bonds. The van der Waals surface area contributed by atoms with Crippen molar-refractivity contribution in [2.24, 2.45) is 0 Å². The van der Waals surface area contributed by atoms with Crippen LogP contribution in [-0.2, 0) is 0 Å². The Morgan fingerprint density at radius 2 is 1.71 bits per heavy atom. The summed E-state index contributed by atoms with van der Waals surface area (Å²) >= 11 is -1.19. The first-order valence-corrected chi connectivity index (χ1v) is 9.68.